The highest BCUT2D eigenvalue weighted by Gasteiger charge is 2.27. The maximum absolute atomic E-state index is 6.38. The van der Waals surface area contributed by atoms with Crippen molar-refractivity contribution < 1.29 is 0 Å². The Morgan fingerprint density at radius 1 is 1.15 bits per heavy atom. The molecule has 3 heterocycles. The first kappa shape index (κ1) is 17.0. The number of anilines is 1. The quantitative estimate of drug-likeness (QED) is 0.698. The van der Waals surface area contributed by atoms with Gasteiger partial charge in [0.05, 0.1) is 11.4 Å². The highest BCUT2D eigenvalue weighted by atomic mass is 35.5. The van der Waals surface area contributed by atoms with Crippen LogP contribution >= 0.6 is 11.6 Å². The van der Waals surface area contributed by atoms with Gasteiger partial charge in [-0.15, -0.1) is 0 Å². The summed E-state index contributed by atoms with van der Waals surface area (Å²) in [5.41, 5.74) is 5.34. The molecule has 4 rings (SSSR count). The summed E-state index contributed by atoms with van der Waals surface area (Å²) in [6.45, 7) is 5.91. The second-order valence-electron chi connectivity index (χ2n) is 6.86. The number of aromatic nitrogens is 4. The van der Waals surface area contributed by atoms with E-state index in [1.165, 1.54) is 5.56 Å². The Hall–Kier alpha value is -2.40. The molecule has 134 valence electrons. The Morgan fingerprint density at radius 3 is 2.69 bits per heavy atom. The first-order chi connectivity index (χ1) is 12.5. The van der Waals surface area contributed by atoms with Gasteiger partial charge in [-0.25, -0.2) is 9.97 Å². The second kappa shape index (κ2) is 6.72. The first-order valence-corrected chi connectivity index (χ1v) is 9.25. The van der Waals surface area contributed by atoms with E-state index in [0.717, 1.165) is 53.1 Å². The van der Waals surface area contributed by atoms with Crippen LogP contribution in [0.25, 0.3) is 11.3 Å². The fourth-order valence-electron chi connectivity index (χ4n) is 3.79. The fourth-order valence-corrected chi connectivity index (χ4v) is 4.08. The monoisotopic (exact) mass is 367 g/mol. The van der Waals surface area contributed by atoms with Crippen molar-refractivity contribution >= 4 is 17.5 Å². The number of halogens is 1. The molecular weight excluding hydrogens is 346 g/mol. The lowest BCUT2D eigenvalue weighted by molar-refractivity contribution is 0.731. The van der Waals surface area contributed by atoms with Crippen LogP contribution in [0, 0.1) is 13.8 Å². The average molecular weight is 368 g/mol. The molecule has 0 N–H and O–H groups in total. The number of aryl methyl sites for hydroxylation is 2. The van der Waals surface area contributed by atoms with Crippen LogP contribution in [0.5, 0.6) is 0 Å². The topological polar surface area (TPSA) is 46.8 Å². The third-order valence-corrected chi connectivity index (χ3v) is 5.57. The Morgan fingerprint density at radius 2 is 1.96 bits per heavy atom. The molecule has 1 unspecified atom stereocenters. The fraction of sp³-hybridized carbons (Fsp3) is 0.350. The average Bonchev–Trinajstić information content (AvgIpc) is 3.21. The van der Waals surface area contributed by atoms with Crippen LogP contribution < -0.4 is 4.90 Å². The molecule has 0 aliphatic carbocycles. The summed E-state index contributed by atoms with van der Waals surface area (Å²) in [5, 5.41) is 5.35. The van der Waals surface area contributed by atoms with E-state index in [-0.39, 0.29) is 0 Å². The van der Waals surface area contributed by atoms with Crippen LogP contribution in [0.1, 0.15) is 29.3 Å². The minimum absolute atomic E-state index is 0.415. The van der Waals surface area contributed by atoms with Gasteiger partial charge < -0.3 is 4.90 Å². The summed E-state index contributed by atoms with van der Waals surface area (Å²) in [5.74, 6) is 1.19. The largest absolute Gasteiger partial charge is 0.340 e. The smallest absolute Gasteiger partial charge is 0.225 e. The van der Waals surface area contributed by atoms with E-state index in [0.29, 0.717) is 5.92 Å². The zero-order chi connectivity index (χ0) is 18.3. The molecule has 0 bridgehead atoms. The van der Waals surface area contributed by atoms with Crippen LogP contribution in [0.4, 0.5) is 5.95 Å². The molecule has 1 aliphatic heterocycles. The van der Waals surface area contributed by atoms with Gasteiger partial charge in [-0.3, -0.25) is 4.68 Å². The van der Waals surface area contributed by atoms with E-state index in [4.69, 9.17) is 16.6 Å². The van der Waals surface area contributed by atoms with E-state index in [2.05, 4.69) is 34.0 Å². The summed E-state index contributed by atoms with van der Waals surface area (Å²) in [7, 11) is 1.96. The molecule has 0 radical (unpaired) electrons. The lowest BCUT2D eigenvalue weighted by Crippen LogP contribution is -2.21. The molecular formula is C20H22ClN5. The van der Waals surface area contributed by atoms with Crippen molar-refractivity contribution in [3.8, 4) is 11.3 Å². The van der Waals surface area contributed by atoms with Crippen molar-refractivity contribution in [2.45, 2.75) is 26.2 Å². The first-order valence-electron chi connectivity index (χ1n) is 8.87. The van der Waals surface area contributed by atoms with Gasteiger partial charge in [-0.1, -0.05) is 29.8 Å². The van der Waals surface area contributed by atoms with Gasteiger partial charge in [0.1, 0.15) is 0 Å². The van der Waals surface area contributed by atoms with Gasteiger partial charge >= 0.3 is 0 Å². The molecule has 1 fully saturated rings. The van der Waals surface area contributed by atoms with Gasteiger partial charge in [-0.05, 0) is 38.0 Å². The maximum atomic E-state index is 6.38. The molecule has 0 saturated carbocycles. The summed E-state index contributed by atoms with van der Waals surface area (Å²) < 4.78 is 1.90. The van der Waals surface area contributed by atoms with Crippen LogP contribution in [0.2, 0.25) is 5.02 Å². The zero-order valence-corrected chi connectivity index (χ0v) is 16.0. The Kier molecular flexibility index (Phi) is 4.41. The predicted molar refractivity (Wildman–Crippen MR) is 105 cm³/mol. The number of hydrogen-bond acceptors (Lipinski definition) is 4. The summed E-state index contributed by atoms with van der Waals surface area (Å²) in [6, 6.07) is 10.1. The molecule has 0 amide bonds. The third-order valence-electron chi connectivity index (χ3n) is 5.22. The van der Waals surface area contributed by atoms with Crippen LogP contribution in [0.15, 0.2) is 36.5 Å². The molecule has 1 atom stereocenters. The standard InChI is InChI=1S/C20H22ClN5/c1-13-19(14(2)25(3)24-13)18-8-10-22-20(23-18)26-11-9-15(12-26)16-6-4-5-7-17(16)21/h4-8,10,15H,9,11-12H2,1-3H3. The van der Waals surface area contributed by atoms with Crippen LogP contribution in [-0.4, -0.2) is 32.8 Å². The Bertz CT molecular complexity index is 949. The van der Waals surface area contributed by atoms with E-state index in [9.17, 15) is 0 Å². The van der Waals surface area contributed by atoms with Crippen molar-refractivity contribution in [3.05, 3.63) is 58.5 Å². The van der Waals surface area contributed by atoms with Crippen molar-refractivity contribution in [1.29, 1.82) is 0 Å². The van der Waals surface area contributed by atoms with Gasteiger partial charge in [0.25, 0.3) is 0 Å². The molecule has 1 saturated heterocycles. The lowest BCUT2D eigenvalue weighted by atomic mass is 9.98. The van der Waals surface area contributed by atoms with Crippen LogP contribution in [-0.2, 0) is 7.05 Å². The van der Waals surface area contributed by atoms with Crippen molar-refractivity contribution in [1.82, 2.24) is 19.7 Å². The van der Waals surface area contributed by atoms with Gasteiger partial charge in [0.2, 0.25) is 5.95 Å². The normalized spacial score (nSPS) is 17.1. The maximum Gasteiger partial charge on any atom is 0.225 e. The zero-order valence-electron chi connectivity index (χ0n) is 15.3. The van der Waals surface area contributed by atoms with Gasteiger partial charge in [-0.2, -0.15) is 5.10 Å². The number of rotatable bonds is 3. The molecule has 1 aliphatic rings. The summed E-state index contributed by atoms with van der Waals surface area (Å²) >= 11 is 6.38. The molecule has 1 aromatic carbocycles. The third kappa shape index (κ3) is 2.97. The molecule has 5 nitrogen and oxygen atoms in total. The molecule has 0 spiro atoms. The predicted octanol–water partition coefficient (Wildman–Crippen LogP) is 4.14. The summed E-state index contributed by atoms with van der Waals surface area (Å²) in [4.78, 5) is 11.6. The Labute approximate surface area is 158 Å². The van der Waals surface area contributed by atoms with Crippen molar-refractivity contribution in [3.63, 3.8) is 0 Å². The molecule has 3 aromatic rings. The number of hydrogen-bond donors (Lipinski definition) is 0. The molecule has 6 heteroatoms. The number of benzene rings is 1. The highest BCUT2D eigenvalue weighted by Crippen LogP contribution is 2.34. The van der Waals surface area contributed by atoms with E-state index in [1.54, 1.807) is 0 Å². The van der Waals surface area contributed by atoms with E-state index in [1.807, 2.05) is 43.0 Å². The number of nitrogens with zero attached hydrogens (tertiary/aromatic N) is 5. The van der Waals surface area contributed by atoms with Crippen molar-refractivity contribution in [2.24, 2.45) is 7.05 Å². The van der Waals surface area contributed by atoms with E-state index >= 15 is 0 Å². The molecule has 26 heavy (non-hydrogen) atoms. The second-order valence-corrected chi connectivity index (χ2v) is 7.27. The summed E-state index contributed by atoms with van der Waals surface area (Å²) in [6.07, 6.45) is 2.90. The SMILES string of the molecule is Cc1nn(C)c(C)c1-c1ccnc(N2CCC(c3ccccc3Cl)C2)n1. The van der Waals surface area contributed by atoms with Gasteiger partial charge in [0.15, 0.2) is 0 Å². The van der Waals surface area contributed by atoms with E-state index < -0.39 is 0 Å². The minimum Gasteiger partial charge on any atom is -0.340 e. The highest BCUT2D eigenvalue weighted by molar-refractivity contribution is 6.31. The van der Waals surface area contributed by atoms with Gasteiger partial charge in [0, 0.05) is 48.5 Å². The Balaban J connectivity index is 1.61. The minimum atomic E-state index is 0.415. The van der Waals surface area contributed by atoms with Crippen molar-refractivity contribution in [2.75, 3.05) is 18.0 Å². The van der Waals surface area contributed by atoms with Crippen LogP contribution in [0.3, 0.4) is 0 Å². The molecule has 2 aromatic heterocycles. The lowest BCUT2D eigenvalue weighted by Gasteiger charge is -2.17.